The second-order valence-electron chi connectivity index (χ2n) is 5.74. The molecule has 2 heteroatoms. The van der Waals surface area contributed by atoms with E-state index in [1.54, 1.807) is 6.26 Å². The van der Waals surface area contributed by atoms with Gasteiger partial charge in [0.2, 0.25) is 0 Å². The van der Waals surface area contributed by atoms with Gasteiger partial charge in [0.05, 0.1) is 12.3 Å². The molecule has 0 saturated heterocycles. The van der Waals surface area contributed by atoms with Crippen LogP contribution in [0.4, 0.5) is 0 Å². The lowest BCUT2D eigenvalue weighted by Gasteiger charge is -2.21. The summed E-state index contributed by atoms with van der Waals surface area (Å²) >= 11 is 0. The lowest BCUT2D eigenvalue weighted by molar-refractivity contribution is 0.345. The topological polar surface area (TPSA) is 12.5 Å². The standard InChI is InChI=1S/C21H21NO/c1-22(2)20(18-10-4-3-5-11-18)15-16-23-21-14-8-12-17-9-6-7-13-19(17)21/h3-16,20H,1-2H3/b16-15+/t20-/m1/s1. The molecule has 3 rings (SSSR count). The third-order valence-electron chi connectivity index (χ3n) is 3.90. The summed E-state index contributed by atoms with van der Waals surface area (Å²) in [7, 11) is 4.14. The molecule has 116 valence electrons. The maximum atomic E-state index is 5.91. The van der Waals surface area contributed by atoms with Gasteiger partial charge in [-0.25, -0.2) is 0 Å². The van der Waals surface area contributed by atoms with E-state index < -0.39 is 0 Å². The zero-order chi connectivity index (χ0) is 16.1. The summed E-state index contributed by atoms with van der Waals surface area (Å²) in [6, 6.07) is 25.0. The quantitative estimate of drug-likeness (QED) is 0.613. The minimum absolute atomic E-state index is 0.186. The second-order valence-corrected chi connectivity index (χ2v) is 5.74. The molecule has 23 heavy (non-hydrogen) atoms. The molecular weight excluding hydrogens is 282 g/mol. The van der Waals surface area contributed by atoms with Gasteiger partial charge in [0, 0.05) is 5.39 Å². The Kier molecular flexibility index (Phi) is 4.74. The van der Waals surface area contributed by atoms with E-state index in [2.05, 4.69) is 67.5 Å². The summed E-state index contributed by atoms with van der Waals surface area (Å²) in [5.74, 6) is 0.880. The zero-order valence-corrected chi connectivity index (χ0v) is 13.5. The molecule has 0 aliphatic rings. The van der Waals surface area contributed by atoms with Crippen LogP contribution in [-0.2, 0) is 0 Å². The number of rotatable bonds is 5. The van der Waals surface area contributed by atoms with Crippen molar-refractivity contribution in [1.82, 2.24) is 4.90 Å². The van der Waals surface area contributed by atoms with E-state index in [9.17, 15) is 0 Å². The SMILES string of the molecule is CN(C)[C@H](/C=C/Oc1cccc2ccccc12)c1ccccc1. The van der Waals surface area contributed by atoms with Gasteiger partial charge in [-0.2, -0.15) is 0 Å². The van der Waals surface area contributed by atoms with E-state index in [-0.39, 0.29) is 6.04 Å². The van der Waals surface area contributed by atoms with Crippen LogP contribution in [0.3, 0.4) is 0 Å². The van der Waals surface area contributed by atoms with Crippen LogP contribution >= 0.6 is 0 Å². The van der Waals surface area contributed by atoms with Crippen molar-refractivity contribution in [1.29, 1.82) is 0 Å². The van der Waals surface area contributed by atoms with Gasteiger partial charge in [0.25, 0.3) is 0 Å². The van der Waals surface area contributed by atoms with Gasteiger partial charge in [-0.15, -0.1) is 0 Å². The van der Waals surface area contributed by atoms with E-state index in [1.807, 2.05) is 30.3 Å². The van der Waals surface area contributed by atoms with E-state index in [4.69, 9.17) is 4.74 Å². The minimum Gasteiger partial charge on any atom is -0.465 e. The first-order chi connectivity index (χ1) is 11.3. The molecule has 3 aromatic carbocycles. The van der Waals surface area contributed by atoms with E-state index in [1.165, 1.54) is 10.9 Å². The van der Waals surface area contributed by atoms with Gasteiger partial charge < -0.3 is 4.74 Å². The summed E-state index contributed by atoms with van der Waals surface area (Å²) < 4.78 is 5.91. The Morgan fingerprint density at radius 2 is 1.52 bits per heavy atom. The predicted molar refractivity (Wildman–Crippen MR) is 96.6 cm³/mol. The molecule has 0 radical (unpaired) electrons. The van der Waals surface area contributed by atoms with Gasteiger partial charge in [-0.3, -0.25) is 4.90 Å². The monoisotopic (exact) mass is 303 g/mol. The Bertz CT molecular complexity index is 788. The predicted octanol–water partition coefficient (Wildman–Crippen LogP) is 5.04. The molecule has 0 amide bonds. The molecule has 0 saturated carbocycles. The van der Waals surface area contributed by atoms with Crippen LogP contribution in [0.1, 0.15) is 11.6 Å². The van der Waals surface area contributed by atoms with Crippen LogP contribution in [0.2, 0.25) is 0 Å². The number of likely N-dealkylation sites (N-methyl/N-ethyl adjacent to an activating group) is 1. The first kappa shape index (κ1) is 15.3. The highest BCUT2D eigenvalue weighted by atomic mass is 16.5. The van der Waals surface area contributed by atoms with Crippen molar-refractivity contribution in [2.75, 3.05) is 14.1 Å². The van der Waals surface area contributed by atoms with Gasteiger partial charge >= 0.3 is 0 Å². The van der Waals surface area contributed by atoms with Gasteiger partial charge in [0.15, 0.2) is 0 Å². The minimum atomic E-state index is 0.186. The highest BCUT2D eigenvalue weighted by molar-refractivity contribution is 5.88. The molecule has 0 bridgehead atoms. The summed E-state index contributed by atoms with van der Waals surface area (Å²) in [5, 5.41) is 2.31. The Hall–Kier alpha value is -2.58. The molecule has 0 N–H and O–H groups in total. The number of hydrogen-bond donors (Lipinski definition) is 0. The van der Waals surface area contributed by atoms with Gasteiger partial charge in [0.1, 0.15) is 5.75 Å². The van der Waals surface area contributed by atoms with Crippen molar-refractivity contribution in [2.45, 2.75) is 6.04 Å². The summed E-state index contributed by atoms with van der Waals surface area (Å²) in [6.07, 6.45) is 3.87. The normalized spacial score (nSPS) is 12.8. The summed E-state index contributed by atoms with van der Waals surface area (Å²) in [4.78, 5) is 2.16. The maximum Gasteiger partial charge on any atom is 0.134 e. The third-order valence-corrected chi connectivity index (χ3v) is 3.90. The summed E-state index contributed by atoms with van der Waals surface area (Å²) in [6.45, 7) is 0. The van der Waals surface area contributed by atoms with Crippen LogP contribution in [0.15, 0.2) is 85.1 Å². The van der Waals surface area contributed by atoms with Crippen molar-refractivity contribution >= 4 is 10.8 Å². The van der Waals surface area contributed by atoms with Crippen LogP contribution in [0.5, 0.6) is 5.75 Å². The Morgan fingerprint density at radius 3 is 2.30 bits per heavy atom. The molecule has 3 aromatic rings. The van der Waals surface area contributed by atoms with Crippen molar-refractivity contribution in [2.24, 2.45) is 0 Å². The number of hydrogen-bond acceptors (Lipinski definition) is 2. The fourth-order valence-electron chi connectivity index (χ4n) is 2.72. The molecule has 0 aromatic heterocycles. The number of ether oxygens (including phenoxy) is 1. The van der Waals surface area contributed by atoms with E-state index in [0.29, 0.717) is 0 Å². The zero-order valence-electron chi connectivity index (χ0n) is 13.5. The molecule has 0 heterocycles. The van der Waals surface area contributed by atoms with Crippen molar-refractivity contribution < 1.29 is 4.74 Å². The maximum absolute atomic E-state index is 5.91. The molecule has 0 unspecified atom stereocenters. The highest BCUT2D eigenvalue weighted by Crippen LogP contribution is 2.26. The smallest absolute Gasteiger partial charge is 0.134 e. The molecule has 0 aliphatic carbocycles. The number of nitrogens with zero attached hydrogens (tertiary/aromatic N) is 1. The Labute approximate surface area is 137 Å². The van der Waals surface area contributed by atoms with Gasteiger partial charge in [-0.1, -0.05) is 66.7 Å². The lowest BCUT2D eigenvalue weighted by atomic mass is 10.1. The fraction of sp³-hybridized carbons (Fsp3) is 0.143. The second kappa shape index (κ2) is 7.12. The van der Waals surface area contributed by atoms with Gasteiger partial charge in [-0.05, 0) is 37.2 Å². The number of fused-ring (bicyclic) bond motifs is 1. The van der Waals surface area contributed by atoms with Crippen LogP contribution < -0.4 is 4.74 Å². The van der Waals surface area contributed by atoms with E-state index >= 15 is 0 Å². The highest BCUT2D eigenvalue weighted by Gasteiger charge is 2.09. The van der Waals surface area contributed by atoms with Crippen molar-refractivity contribution in [3.05, 3.63) is 90.7 Å². The lowest BCUT2D eigenvalue weighted by Crippen LogP contribution is -2.18. The first-order valence-electron chi connectivity index (χ1n) is 7.78. The summed E-state index contributed by atoms with van der Waals surface area (Å²) in [5.41, 5.74) is 1.25. The van der Waals surface area contributed by atoms with E-state index in [0.717, 1.165) is 11.1 Å². The fourth-order valence-corrected chi connectivity index (χ4v) is 2.72. The van der Waals surface area contributed by atoms with Crippen molar-refractivity contribution in [3.8, 4) is 5.75 Å². The number of benzene rings is 3. The molecular formula is C21H21NO. The van der Waals surface area contributed by atoms with Crippen molar-refractivity contribution in [3.63, 3.8) is 0 Å². The van der Waals surface area contributed by atoms with Crippen LogP contribution in [-0.4, -0.2) is 19.0 Å². The molecule has 0 spiro atoms. The average Bonchev–Trinajstić information content (AvgIpc) is 2.59. The molecule has 0 fully saturated rings. The molecule has 2 nitrogen and oxygen atoms in total. The van der Waals surface area contributed by atoms with Crippen LogP contribution in [0.25, 0.3) is 10.8 Å². The molecule has 0 aliphatic heterocycles. The average molecular weight is 303 g/mol. The van der Waals surface area contributed by atoms with Crippen LogP contribution in [0, 0.1) is 0 Å². The molecule has 1 atom stereocenters. The largest absolute Gasteiger partial charge is 0.465 e. The Morgan fingerprint density at radius 1 is 0.826 bits per heavy atom. The third kappa shape index (κ3) is 3.61. The Balaban J connectivity index is 1.81. The first-order valence-corrected chi connectivity index (χ1v) is 7.78.